The van der Waals surface area contributed by atoms with Crippen LogP contribution >= 0.6 is 11.6 Å². The normalized spacial score (nSPS) is 9.64. The van der Waals surface area contributed by atoms with Crippen LogP contribution in [-0.4, -0.2) is 16.6 Å². The zero-order valence-corrected chi connectivity index (χ0v) is 7.01. The lowest BCUT2D eigenvalue weighted by atomic mass is 10.4. The van der Waals surface area contributed by atoms with Crippen LogP contribution in [-0.2, 0) is 5.88 Å². The van der Waals surface area contributed by atoms with E-state index in [0.717, 1.165) is 5.56 Å². The molecule has 60 valence electrons. The van der Waals surface area contributed by atoms with Crippen LogP contribution in [0.5, 0.6) is 6.01 Å². The molecule has 1 aromatic rings. The van der Waals surface area contributed by atoms with Crippen molar-refractivity contribution in [2.24, 2.45) is 0 Å². The Labute approximate surface area is 70.4 Å². The largest absolute Gasteiger partial charge is 0.464 e. The standard InChI is InChI=1S/C7H9ClN2O/c1-2-11-7-9-4-6(3-8)5-10-7/h4-5H,2-3H2,1H3. The van der Waals surface area contributed by atoms with Crippen molar-refractivity contribution in [3.63, 3.8) is 0 Å². The molecule has 0 unspecified atom stereocenters. The smallest absolute Gasteiger partial charge is 0.316 e. The molecule has 0 spiro atoms. The van der Waals surface area contributed by atoms with E-state index in [-0.39, 0.29) is 0 Å². The molecular formula is C7H9ClN2O. The Morgan fingerprint density at radius 2 is 2.09 bits per heavy atom. The Hall–Kier alpha value is -0.830. The highest BCUT2D eigenvalue weighted by Crippen LogP contribution is 2.04. The van der Waals surface area contributed by atoms with E-state index in [1.165, 1.54) is 0 Å². The van der Waals surface area contributed by atoms with Gasteiger partial charge < -0.3 is 4.74 Å². The minimum atomic E-state index is 0.404. The number of halogens is 1. The van der Waals surface area contributed by atoms with Crippen LogP contribution in [0.4, 0.5) is 0 Å². The van der Waals surface area contributed by atoms with Gasteiger partial charge in [-0.1, -0.05) is 0 Å². The third kappa shape index (κ3) is 2.35. The van der Waals surface area contributed by atoms with E-state index in [2.05, 4.69) is 9.97 Å². The molecule has 0 fully saturated rings. The van der Waals surface area contributed by atoms with Gasteiger partial charge in [0, 0.05) is 18.0 Å². The summed E-state index contributed by atoms with van der Waals surface area (Å²) in [5.74, 6) is 0.437. The molecule has 1 heterocycles. The second-order valence-electron chi connectivity index (χ2n) is 1.94. The molecule has 0 aliphatic rings. The van der Waals surface area contributed by atoms with Crippen molar-refractivity contribution in [3.05, 3.63) is 18.0 Å². The molecule has 0 radical (unpaired) electrons. The second-order valence-corrected chi connectivity index (χ2v) is 2.21. The topological polar surface area (TPSA) is 35.0 Å². The minimum Gasteiger partial charge on any atom is -0.464 e. The van der Waals surface area contributed by atoms with Crippen LogP contribution in [0.2, 0.25) is 0 Å². The third-order valence-electron chi connectivity index (χ3n) is 1.11. The van der Waals surface area contributed by atoms with Crippen LogP contribution in [0.25, 0.3) is 0 Å². The van der Waals surface area contributed by atoms with E-state index in [9.17, 15) is 0 Å². The van der Waals surface area contributed by atoms with Gasteiger partial charge in [-0.3, -0.25) is 0 Å². The maximum Gasteiger partial charge on any atom is 0.316 e. The predicted octanol–water partition coefficient (Wildman–Crippen LogP) is 1.61. The molecule has 1 aromatic heterocycles. The summed E-state index contributed by atoms with van der Waals surface area (Å²) in [6.45, 7) is 2.47. The molecule has 0 aliphatic carbocycles. The van der Waals surface area contributed by atoms with Gasteiger partial charge in [-0.05, 0) is 6.92 Å². The van der Waals surface area contributed by atoms with Gasteiger partial charge in [-0.15, -0.1) is 11.6 Å². The van der Waals surface area contributed by atoms with Crippen LogP contribution in [0.3, 0.4) is 0 Å². The van der Waals surface area contributed by atoms with E-state index in [0.29, 0.717) is 18.5 Å². The number of alkyl halides is 1. The number of hydrogen-bond donors (Lipinski definition) is 0. The Balaban J connectivity index is 2.66. The van der Waals surface area contributed by atoms with Crippen molar-refractivity contribution in [2.75, 3.05) is 6.61 Å². The molecule has 0 saturated heterocycles. The molecule has 0 aliphatic heterocycles. The van der Waals surface area contributed by atoms with Crippen molar-refractivity contribution >= 4 is 11.6 Å². The third-order valence-corrected chi connectivity index (χ3v) is 1.42. The first-order valence-corrected chi connectivity index (χ1v) is 3.90. The first-order chi connectivity index (χ1) is 5.36. The number of nitrogens with zero attached hydrogens (tertiary/aromatic N) is 2. The highest BCUT2D eigenvalue weighted by Gasteiger charge is 1.94. The van der Waals surface area contributed by atoms with E-state index >= 15 is 0 Å². The van der Waals surface area contributed by atoms with Gasteiger partial charge in [-0.2, -0.15) is 0 Å². The summed E-state index contributed by atoms with van der Waals surface area (Å²) in [5, 5.41) is 0. The summed E-state index contributed by atoms with van der Waals surface area (Å²) in [7, 11) is 0. The molecule has 4 heteroatoms. The quantitative estimate of drug-likeness (QED) is 0.650. The minimum absolute atomic E-state index is 0.404. The van der Waals surface area contributed by atoms with Crippen molar-refractivity contribution in [3.8, 4) is 6.01 Å². The van der Waals surface area contributed by atoms with E-state index in [4.69, 9.17) is 16.3 Å². The summed E-state index contributed by atoms with van der Waals surface area (Å²) in [6, 6.07) is 0.404. The number of rotatable bonds is 3. The Bertz CT molecular complexity index is 212. The lowest BCUT2D eigenvalue weighted by molar-refractivity contribution is 0.312. The maximum atomic E-state index is 5.54. The van der Waals surface area contributed by atoms with Gasteiger partial charge in [0.1, 0.15) is 0 Å². The molecular weight excluding hydrogens is 164 g/mol. The van der Waals surface area contributed by atoms with Gasteiger partial charge >= 0.3 is 6.01 Å². The van der Waals surface area contributed by atoms with Crippen molar-refractivity contribution in [1.29, 1.82) is 0 Å². The summed E-state index contributed by atoms with van der Waals surface area (Å²) in [6.07, 6.45) is 3.32. The van der Waals surface area contributed by atoms with Gasteiger partial charge in [0.2, 0.25) is 0 Å². The predicted molar refractivity (Wildman–Crippen MR) is 42.8 cm³/mol. The molecule has 0 atom stereocenters. The molecule has 0 amide bonds. The summed E-state index contributed by atoms with van der Waals surface area (Å²) in [5.41, 5.74) is 0.898. The SMILES string of the molecule is CCOc1ncc(CCl)cn1. The van der Waals surface area contributed by atoms with Crippen molar-refractivity contribution in [1.82, 2.24) is 9.97 Å². The van der Waals surface area contributed by atoms with Gasteiger partial charge in [0.15, 0.2) is 0 Å². The Morgan fingerprint density at radius 1 is 1.45 bits per heavy atom. The zero-order valence-electron chi connectivity index (χ0n) is 6.25. The Kier molecular flexibility index (Phi) is 3.11. The second kappa shape index (κ2) is 4.13. The van der Waals surface area contributed by atoms with Crippen LogP contribution in [0, 0.1) is 0 Å². The van der Waals surface area contributed by atoms with Gasteiger partial charge in [0.25, 0.3) is 0 Å². The first-order valence-electron chi connectivity index (χ1n) is 3.36. The van der Waals surface area contributed by atoms with Gasteiger partial charge in [0.05, 0.1) is 12.5 Å². The maximum absolute atomic E-state index is 5.54. The molecule has 0 N–H and O–H groups in total. The number of hydrogen-bond acceptors (Lipinski definition) is 3. The summed E-state index contributed by atoms with van der Waals surface area (Å²) >= 11 is 5.54. The number of aromatic nitrogens is 2. The fourth-order valence-corrected chi connectivity index (χ4v) is 0.754. The monoisotopic (exact) mass is 172 g/mol. The Morgan fingerprint density at radius 3 is 2.55 bits per heavy atom. The molecule has 0 aromatic carbocycles. The lowest BCUT2D eigenvalue weighted by Gasteiger charge is -1.99. The molecule has 3 nitrogen and oxygen atoms in total. The van der Waals surface area contributed by atoms with Crippen LogP contribution < -0.4 is 4.74 Å². The van der Waals surface area contributed by atoms with E-state index in [1.54, 1.807) is 12.4 Å². The molecule has 1 rings (SSSR count). The van der Waals surface area contributed by atoms with E-state index < -0.39 is 0 Å². The fraction of sp³-hybridized carbons (Fsp3) is 0.429. The van der Waals surface area contributed by atoms with Gasteiger partial charge in [-0.25, -0.2) is 9.97 Å². The average molecular weight is 173 g/mol. The summed E-state index contributed by atoms with van der Waals surface area (Å²) in [4.78, 5) is 7.84. The van der Waals surface area contributed by atoms with Crippen LogP contribution in [0.15, 0.2) is 12.4 Å². The molecule has 0 bridgehead atoms. The lowest BCUT2D eigenvalue weighted by Crippen LogP contribution is -1.97. The van der Waals surface area contributed by atoms with Crippen LogP contribution in [0.1, 0.15) is 12.5 Å². The van der Waals surface area contributed by atoms with E-state index in [1.807, 2.05) is 6.92 Å². The summed E-state index contributed by atoms with van der Waals surface area (Å²) < 4.78 is 5.04. The van der Waals surface area contributed by atoms with Crippen molar-refractivity contribution < 1.29 is 4.74 Å². The molecule has 11 heavy (non-hydrogen) atoms. The zero-order chi connectivity index (χ0) is 8.10. The van der Waals surface area contributed by atoms with Crippen molar-refractivity contribution in [2.45, 2.75) is 12.8 Å². The highest BCUT2D eigenvalue weighted by molar-refractivity contribution is 6.17. The fourth-order valence-electron chi connectivity index (χ4n) is 0.616. The first kappa shape index (κ1) is 8.27. The molecule has 0 saturated carbocycles. The number of ether oxygens (including phenoxy) is 1. The highest BCUT2D eigenvalue weighted by atomic mass is 35.5. The average Bonchev–Trinajstić information content (AvgIpc) is 2.07.